The van der Waals surface area contributed by atoms with E-state index in [-0.39, 0.29) is 13.0 Å². The number of ketones is 1. The van der Waals surface area contributed by atoms with Gasteiger partial charge >= 0.3 is 11.7 Å². The second kappa shape index (κ2) is 6.68. The van der Waals surface area contributed by atoms with Gasteiger partial charge < -0.3 is 10.3 Å². The van der Waals surface area contributed by atoms with Gasteiger partial charge in [-0.15, -0.1) is 6.58 Å². The van der Waals surface area contributed by atoms with E-state index in [1.807, 2.05) is 0 Å². The fourth-order valence-corrected chi connectivity index (χ4v) is 0.855. The Bertz CT molecular complexity index is 328. The van der Waals surface area contributed by atoms with Gasteiger partial charge in [0.25, 0.3) is 5.78 Å². The lowest BCUT2D eigenvalue weighted by atomic mass is 10.1. The van der Waals surface area contributed by atoms with Crippen LogP contribution in [0, 0.1) is 0 Å². The molecule has 0 unspecified atom stereocenters. The highest BCUT2D eigenvalue weighted by Crippen LogP contribution is 2.02. The van der Waals surface area contributed by atoms with Crippen molar-refractivity contribution in [1.29, 1.82) is 0 Å². The largest absolute Gasteiger partial charge is 0.457 e. The van der Waals surface area contributed by atoms with Crippen molar-refractivity contribution in [3.63, 3.8) is 0 Å². The molecule has 0 radical (unpaired) electrons. The lowest BCUT2D eigenvalue weighted by Crippen LogP contribution is -2.27. The van der Waals surface area contributed by atoms with Crippen molar-refractivity contribution in [3.05, 3.63) is 17.7 Å². The molecule has 0 saturated heterocycles. The molecule has 0 aromatic carbocycles. The van der Waals surface area contributed by atoms with Crippen LogP contribution >= 0.6 is 0 Å². The minimum atomic E-state index is -0.897. The number of hydrogen-bond acceptors (Lipinski definition) is 3. The molecular formula is C10H14N2O3. The molecule has 0 aliphatic carbocycles. The van der Waals surface area contributed by atoms with E-state index in [2.05, 4.69) is 16.1 Å². The van der Waals surface area contributed by atoms with E-state index >= 15 is 0 Å². The second-order valence-electron chi connectivity index (χ2n) is 3.05. The Kier molecular flexibility index (Phi) is 5.90. The lowest BCUT2D eigenvalue weighted by molar-refractivity contribution is -0.141. The first-order chi connectivity index (χ1) is 7.02. The van der Waals surface area contributed by atoms with Gasteiger partial charge in [-0.3, -0.25) is 4.79 Å². The van der Waals surface area contributed by atoms with Crippen LogP contribution in [-0.2, 0) is 14.3 Å². The molecule has 0 heterocycles. The number of esters is 1. The van der Waals surface area contributed by atoms with Crippen molar-refractivity contribution in [3.8, 4) is 0 Å². The maximum absolute atomic E-state index is 11.4. The number of ether oxygens (including phenoxy) is 1. The summed E-state index contributed by atoms with van der Waals surface area (Å²) in [5.41, 5.74) is 8.77. The number of hydrogen-bond donors (Lipinski definition) is 0. The summed E-state index contributed by atoms with van der Waals surface area (Å²) in [6, 6.07) is 0. The molecule has 0 aromatic rings. The van der Waals surface area contributed by atoms with Crippen LogP contribution < -0.4 is 0 Å². The molecule has 0 aliphatic heterocycles. The van der Waals surface area contributed by atoms with Crippen molar-refractivity contribution < 1.29 is 19.1 Å². The highest BCUT2D eigenvalue weighted by molar-refractivity contribution is 6.62. The summed E-state index contributed by atoms with van der Waals surface area (Å²) < 4.78 is 4.55. The molecule has 5 heteroatoms. The molecule has 0 aromatic heterocycles. The number of nitrogens with zero attached hydrogens (tertiary/aromatic N) is 2. The summed E-state index contributed by atoms with van der Waals surface area (Å²) in [4.78, 5) is 25.1. The van der Waals surface area contributed by atoms with Crippen LogP contribution in [0.15, 0.2) is 12.2 Å². The van der Waals surface area contributed by atoms with E-state index in [4.69, 9.17) is 5.53 Å². The third-order valence-electron chi connectivity index (χ3n) is 1.61. The zero-order valence-corrected chi connectivity index (χ0v) is 8.95. The first kappa shape index (κ1) is 13.3. The van der Waals surface area contributed by atoms with Crippen molar-refractivity contribution >= 4 is 17.5 Å². The Labute approximate surface area is 88.4 Å². The lowest BCUT2D eigenvalue weighted by Gasteiger charge is -1.97. The van der Waals surface area contributed by atoms with Gasteiger partial charge in [0.2, 0.25) is 0 Å². The Hall–Kier alpha value is -1.74. The molecule has 0 bridgehead atoms. The summed E-state index contributed by atoms with van der Waals surface area (Å²) >= 11 is 0. The maximum Gasteiger partial charge on any atom is 0.441 e. The number of carbonyl (C=O) groups is 2. The van der Waals surface area contributed by atoms with Gasteiger partial charge in [-0.25, -0.2) is 4.79 Å². The third kappa shape index (κ3) is 4.88. The average molecular weight is 210 g/mol. The summed E-state index contributed by atoms with van der Waals surface area (Å²) in [6.45, 7) is 7.13. The molecular weight excluding hydrogens is 196 g/mol. The molecule has 0 fully saturated rings. The van der Waals surface area contributed by atoms with Gasteiger partial charge in [0.05, 0.1) is 6.61 Å². The van der Waals surface area contributed by atoms with Gasteiger partial charge in [0.1, 0.15) is 0 Å². The third-order valence-corrected chi connectivity index (χ3v) is 1.61. The van der Waals surface area contributed by atoms with Crippen LogP contribution in [0.25, 0.3) is 5.53 Å². The molecule has 0 saturated carbocycles. The number of rotatable bonds is 6. The number of Topliss-reactive ketones (excluding diaryl/α,β-unsaturated/α-hetero) is 1. The normalized spacial score (nSPS) is 8.93. The Morgan fingerprint density at radius 1 is 1.40 bits per heavy atom. The van der Waals surface area contributed by atoms with Crippen LogP contribution in [0.2, 0.25) is 0 Å². The smallest absolute Gasteiger partial charge is 0.441 e. The predicted octanol–water partition coefficient (Wildman–Crippen LogP) is 1.15. The van der Waals surface area contributed by atoms with Gasteiger partial charge in [0, 0.05) is 6.42 Å². The van der Waals surface area contributed by atoms with Gasteiger partial charge in [-0.2, -0.15) is 4.79 Å². The first-order valence-corrected chi connectivity index (χ1v) is 4.59. The minimum Gasteiger partial charge on any atom is -0.457 e. The topological polar surface area (TPSA) is 79.8 Å². The maximum atomic E-state index is 11.4. The molecule has 0 atom stereocenters. The van der Waals surface area contributed by atoms with E-state index in [0.717, 1.165) is 5.57 Å². The summed E-state index contributed by atoms with van der Waals surface area (Å²) in [5, 5.41) is 0. The van der Waals surface area contributed by atoms with Gasteiger partial charge in [-0.1, -0.05) is 5.57 Å². The standard InChI is InChI=1S/C10H14N2O3/c1-4-15-10(14)9(12-11)8(13)6-5-7(2)3/h2,4-6H2,1,3H3. The minimum absolute atomic E-state index is 0.0908. The first-order valence-electron chi connectivity index (χ1n) is 4.59. The molecule has 0 aliphatic rings. The van der Waals surface area contributed by atoms with Gasteiger partial charge in [-0.05, 0) is 20.3 Å². The van der Waals surface area contributed by atoms with Crippen LogP contribution in [-0.4, -0.2) is 28.9 Å². The average Bonchev–Trinajstić information content (AvgIpc) is 2.16. The van der Waals surface area contributed by atoms with E-state index in [0.29, 0.717) is 6.42 Å². The quantitative estimate of drug-likeness (QED) is 0.165. The number of allylic oxidation sites excluding steroid dienone is 1. The second-order valence-corrected chi connectivity index (χ2v) is 3.05. The molecule has 5 nitrogen and oxygen atoms in total. The fraction of sp³-hybridized carbons (Fsp3) is 0.500. The van der Waals surface area contributed by atoms with Crippen molar-refractivity contribution in [2.24, 2.45) is 0 Å². The van der Waals surface area contributed by atoms with Crippen molar-refractivity contribution in [2.75, 3.05) is 6.61 Å². The zero-order chi connectivity index (χ0) is 11.8. The van der Waals surface area contributed by atoms with Crippen LogP contribution in [0.4, 0.5) is 0 Å². The molecule has 82 valence electrons. The van der Waals surface area contributed by atoms with Crippen LogP contribution in [0.1, 0.15) is 26.7 Å². The number of carbonyl (C=O) groups excluding carboxylic acids is 2. The van der Waals surface area contributed by atoms with Crippen molar-refractivity contribution in [2.45, 2.75) is 26.7 Å². The van der Waals surface area contributed by atoms with Crippen LogP contribution in [0.3, 0.4) is 0 Å². The predicted molar refractivity (Wildman–Crippen MR) is 54.3 cm³/mol. The Balaban J connectivity index is 4.43. The van der Waals surface area contributed by atoms with E-state index in [1.54, 1.807) is 13.8 Å². The molecule has 0 amide bonds. The SMILES string of the molecule is C=C(C)CCC(=O)C(=[N+]=[N-])C(=O)OCC. The Morgan fingerprint density at radius 3 is 2.40 bits per heavy atom. The summed E-state index contributed by atoms with van der Waals surface area (Å²) in [7, 11) is 0. The summed E-state index contributed by atoms with van der Waals surface area (Å²) in [5.74, 6) is -1.44. The molecule has 0 N–H and O–H groups in total. The van der Waals surface area contributed by atoms with Crippen LogP contribution in [0.5, 0.6) is 0 Å². The molecule has 15 heavy (non-hydrogen) atoms. The highest BCUT2D eigenvalue weighted by atomic mass is 16.5. The molecule has 0 spiro atoms. The highest BCUT2D eigenvalue weighted by Gasteiger charge is 2.30. The fourth-order valence-electron chi connectivity index (χ4n) is 0.855. The monoisotopic (exact) mass is 210 g/mol. The van der Waals surface area contributed by atoms with E-state index < -0.39 is 17.5 Å². The van der Waals surface area contributed by atoms with E-state index in [1.165, 1.54) is 0 Å². The summed E-state index contributed by atoms with van der Waals surface area (Å²) in [6.07, 6.45) is 0.546. The van der Waals surface area contributed by atoms with E-state index in [9.17, 15) is 9.59 Å². The zero-order valence-electron chi connectivity index (χ0n) is 8.95. The van der Waals surface area contributed by atoms with Gasteiger partial charge in [0.15, 0.2) is 0 Å². The Morgan fingerprint density at radius 2 is 2.00 bits per heavy atom. The molecule has 0 rings (SSSR count). The van der Waals surface area contributed by atoms with Crippen molar-refractivity contribution in [1.82, 2.24) is 0 Å².